The quantitative estimate of drug-likeness (QED) is 0.667. The van der Waals surface area contributed by atoms with E-state index in [1.165, 1.54) is 24.2 Å². The highest BCUT2D eigenvalue weighted by Crippen LogP contribution is 2.34. The van der Waals surface area contributed by atoms with E-state index in [1.807, 2.05) is 18.3 Å². The average molecular weight is 360 g/mol. The lowest BCUT2D eigenvalue weighted by atomic mass is 10.1. The number of aromatic nitrogens is 1. The summed E-state index contributed by atoms with van der Waals surface area (Å²) in [4.78, 5) is 6.40. The molecule has 0 aliphatic carbocycles. The van der Waals surface area contributed by atoms with Crippen molar-refractivity contribution in [3.63, 3.8) is 0 Å². The molecule has 140 valence electrons. The minimum absolute atomic E-state index is 0.706. The molecule has 0 amide bonds. The molecule has 26 heavy (non-hydrogen) atoms. The van der Waals surface area contributed by atoms with Crippen LogP contribution in [-0.2, 0) is 13.1 Å². The monoisotopic (exact) mass is 360 g/mol. The van der Waals surface area contributed by atoms with Gasteiger partial charge < -0.3 is 24.0 Å². The highest BCUT2D eigenvalue weighted by molar-refractivity contribution is 5.50. The summed E-state index contributed by atoms with van der Waals surface area (Å²) in [5, 5.41) is 0. The summed E-state index contributed by atoms with van der Waals surface area (Å²) >= 11 is 0. The van der Waals surface area contributed by atoms with Gasteiger partial charge in [0.25, 0.3) is 0 Å². The number of benzene rings is 1. The normalized spacial score (nSPS) is 19.8. The van der Waals surface area contributed by atoms with Gasteiger partial charge in [0.15, 0.2) is 23.9 Å². The molecule has 1 fully saturated rings. The summed E-state index contributed by atoms with van der Waals surface area (Å²) < 4.78 is 16.4. The van der Waals surface area contributed by atoms with E-state index in [9.17, 15) is 0 Å². The molecule has 1 aromatic heterocycles. The van der Waals surface area contributed by atoms with Crippen LogP contribution in [0, 0.1) is 0 Å². The van der Waals surface area contributed by atoms with Crippen LogP contribution < -0.4 is 29.0 Å². The molecular weight excluding hydrogens is 330 g/mol. The van der Waals surface area contributed by atoms with Crippen molar-refractivity contribution in [1.82, 2.24) is 0 Å². The van der Waals surface area contributed by atoms with Crippen LogP contribution in [0.15, 0.2) is 36.7 Å². The van der Waals surface area contributed by atoms with Gasteiger partial charge >= 0.3 is 0 Å². The number of piperazine rings is 1. The highest BCUT2D eigenvalue weighted by Gasteiger charge is 2.25. The first-order chi connectivity index (χ1) is 12.7. The van der Waals surface area contributed by atoms with E-state index >= 15 is 0 Å². The summed E-state index contributed by atoms with van der Waals surface area (Å²) in [7, 11) is 5.03. The SMILES string of the molecule is COc1cc(OC)c(OC)cc1C[NH+]1CC[NH+](Cc2ccc[nH+]c2)CC1. The summed E-state index contributed by atoms with van der Waals surface area (Å²) in [5.41, 5.74) is 2.54. The Hall–Kier alpha value is -2.31. The minimum atomic E-state index is 0.706. The third-order valence-electron chi connectivity index (χ3n) is 5.12. The van der Waals surface area contributed by atoms with E-state index in [-0.39, 0.29) is 0 Å². The zero-order valence-corrected chi connectivity index (χ0v) is 15.9. The molecule has 6 heteroatoms. The van der Waals surface area contributed by atoms with E-state index in [0.29, 0.717) is 5.75 Å². The van der Waals surface area contributed by atoms with Crippen LogP contribution in [0.2, 0.25) is 0 Å². The Kier molecular flexibility index (Phi) is 6.30. The van der Waals surface area contributed by atoms with Crippen LogP contribution in [0.4, 0.5) is 0 Å². The smallest absolute Gasteiger partial charge is 0.175 e. The van der Waals surface area contributed by atoms with Crippen molar-refractivity contribution in [3.05, 3.63) is 47.8 Å². The molecule has 3 rings (SSSR count). The Morgan fingerprint density at radius 1 is 0.846 bits per heavy atom. The zero-order chi connectivity index (χ0) is 18.4. The summed E-state index contributed by atoms with van der Waals surface area (Å²) in [5.74, 6) is 2.33. The number of methoxy groups -OCH3 is 3. The molecule has 0 atom stereocenters. The van der Waals surface area contributed by atoms with Crippen molar-refractivity contribution in [2.24, 2.45) is 0 Å². The maximum absolute atomic E-state index is 5.57. The number of hydrogen-bond acceptors (Lipinski definition) is 3. The third kappa shape index (κ3) is 4.45. The van der Waals surface area contributed by atoms with Crippen molar-refractivity contribution in [3.8, 4) is 17.2 Å². The van der Waals surface area contributed by atoms with Crippen LogP contribution in [0.3, 0.4) is 0 Å². The fourth-order valence-electron chi connectivity index (χ4n) is 3.64. The summed E-state index contributed by atoms with van der Waals surface area (Å²) in [6, 6.07) is 8.22. The van der Waals surface area contributed by atoms with Gasteiger partial charge in [-0.2, -0.15) is 0 Å². The molecule has 3 N–H and O–H groups in total. The molecule has 0 bridgehead atoms. The van der Waals surface area contributed by atoms with E-state index in [1.54, 1.807) is 31.1 Å². The number of pyridine rings is 1. The number of quaternary nitrogens is 2. The van der Waals surface area contributed by atoms with Crippen molar-refractivity contribution in [1.29, 1.82) is 0 Å². The van der Waals surface area contributed by atoms with Crippen LogP contribution in [0.5, 0.6) is 17.2 Å². The van der Waals surface area contributed by atoms with Gasteiger partial charge in [-0.1, -0.05) is 0 Å². The predicted octanol–water partition coefficient (Wildman–Crippen LogP) is -0.990. The van der Waals surface area contributed by atoms with Gasteiger partial charge in [-0.3, -0.25) is 0 Å². The van der Waals surface area contributed by atoms with Gasteiger partial charge in [0.05, 0.1) is 32.5 Å². The Morgan fingerprint density at radius 3 is 2.04 bits per heavy atom. The van der Waals surface area contributed by atoms with Crippen LogP contribution in [0.25, 0.3) is 0 Å². The molecule has 1 aromatic carbocycles. The Bertz CT molecular complexity index is 701. The van der Waals surface area contributed by atoms with Crippen molar-refractivity contribution in [2.75, 3.05) is 47.5 Å². The molecule has 6 nitrogen and oxygen atoms in total. The van der Waals surface area contributed by atoms with Crippen molar-refractivity contribution >= 4 is 0 Å². The molecule has 2 heterocycles. The molecule has 0 unspecified atom stereocenters. The maximum Gasteiger partial charge on any atom is 0.175 e. The number of H-pyrrole nitrogens is 1. The number of aromatic amines is 1. The molecule has 0 spiro atoms. The first-order valence-corrected chi connectivity index (χ1v) is 9.14. The summed E-state index contributed by atoms with van der Waals surface area (Å²) in [6.45, 7) is 6.70. The van der Waals surface area contributed by atoms with Crippen molar-refractivity contribution in [2.45, 2.75) is 13.1 Å². The number of rotatable bonds is 7. The lowest BCUT2D eigenvalue weighted by Gasteiger charge is -2.30. The highest BCUT2D eigenvalue weighted by atomic mass is 16.5. The number of ether oxygens (including phenoxy) is 3. The second-order valence-electron chi connectivity index (χ2n) is 6.78. The molecule has 1 aliphatic rings. The maximum atomic E-state index is 5.57. The molecule has 2 aromatic rings. The topological polar surface area (TPSA) is 50.7 Å². The van der Waals surface area contributed by atoms with E-state index in [4.69, 9.17) is 14.2 Å². The first-order valence-electron chi connectivity index (χ1n) is 9.14. The zero-order valence-electron chi connectivity index (χ0n) is 15.9. The van der Waals surface area contributed by atoms with Gasteiger partial charge in [-0.25, -0.2) is 4.98 Å². The fourth-order valence-corrected chi connectivity index (χ4v) is 3.64. The van der Waals surface area contributed by atoms with Gasteiger partial charge in [0, 0.05) is 12.1 Å². The molecule has 1 saturated heterocycles. The first kappa shape index (κ1) is 18.5. The van der Waals surface area contributed by atoms with Crippen LogP contribution in [-0.4, -0.2) is 47.5 Å². The fraction of sp³-hybridized carbons (Fsp3) is 0.450. The van der Waals surface area contributed by atoms with E-state index in [0.717, 1.165) is 37.7 Å². The Labute approximate surface area is 155 Å². The largest absolute Gasteiger partial charge is 0.496 e. The van der Waals surface area contributed by atoms with Gasteiger partial charge in [-0.05, 0) is 12.1 Å². The number of nitrogens with one attached hydrogen (secondary N) is 3. The molecule has 1 aliphatic heterocycles. The van der Waals surface area contributed by atoms with Gasteiger partial charge in [0.1, 0.15) is 45.0 Å². The minimum Gasteiger partial charge on any atom is -0.496 e. The van der Waals surface area contributed by atoms with Gasteiger partial charge in [0.2, 0.25) is 0 Å². The Morgan fingerprint density at radius 2 is 1.46 bits per heavy atom. The molecule has 0 radical (unpaired) electrons. The third-order valence-corrected chi connectivity index (χ3v) is 5.12. The Balaban J connectivity index is 1.60. The standard InChI is InChI=1S/C20H27N3O3/c1-24-18-12-20(26-3)19(25-2)11-17(18)15-23-9-7-22(8-10-23)14-16-5-4-6-21-13-16/h4-6,11-13H,7-10,14-15H2,1-3H3/p+3. The van der Waals surface area contributed by atoms with Crippen LogP contribution in [0.1, 0.15) is 11.1 Å². The second kappa shape index (κ2) is 8.87. The second-order valence-corrected chi connectivity index (χ2v) is 6.78. The molecule has 0 saturated carbocycles. The lowest BCUT2D eigenvalue weighted by Crippen LogP contribution is -3.27. The lowest BCUT2D eigenvalue weighted by molar-refractivity contribution is -1.02. The van der Waals surface area contributed by atoms with Crippen molar-refractivity contribution < 1.29 is 29.0 Å². The predicted molar refractivity (Wildman–Crippen MR) is 97.9 cm³/mol. The average Bonchev–Trinajstić information content (AvgIpc) is 2.70. The van der Waals surface area contributed by atoms with Crippen LogP contribution >= 0.6 is 0 Å². The summed E-state index contributed by atoms with van der Waals surface area (Å²) in [6.07, 6.45) is 4.05. The van der Waals surface area contributed by atoms with E-state index < -0.39 is 0 Å². The number of hydrogen-bond donors (Lipinski definition) is 2. The molecular formula is C20H30N3O3+3. The van der Waals surface area contributed by atoms with Gasteiger partial charge in [-0.15, -0.1) is 0 Å². The van der Waals surface area contributed by atoms with E-state index in [2.05, 4.69) is 23.3 Å².